The highest BCUT2D eigenvalue weighted by atomic mass is 16.1. The maximum Gasteiger partial charge on any atom is 0.256 e. The molecule has 1 aliphatic carbocycles. The number of carbonyl (C=O) groups excluding carboxylic acids is 1. The van der Waals surface area contributed by atoms with E-state index in [1.54, 1.807) is 12.1 Å². The number of anilines is 1. The SMILES string of the molecule is O=C(Nc1nc2c(nc1-c1ccccc1)-c1ccccc1CC2)c1ccccc1. The largest absolute Gasteiger partial charge is 0.305 e. The van der Waals surface area contributed by atoms with Gasteiger partial charge in [-0.05, 0) is 30.5 Å². The molecule has 4 aromatic rings. The van der Waals surface area contributed by atoms with Gasteiger partial charge in [-0.1, -0.05) is 72.8 Å². The van der Waals surface area contributed by atoms with Gasteiger partial charge in [0.2, 0.25) is 0 Å². The monoisotopic (exact) mass is 377 g/mol. The summed E-state index contributed by atoms with van der Waals surface area (Å²) in [7, 11) is 0. The predicted molar refractivity (Wildman–Crippen MR) is 115 cm³/mol. The molecule has 1 aromatic heterocycles. The minimum atomic E-state index is -0.187. The van der Waals surface area contributed by atoms with E-state index in [9.17, 15) is 4.79 Å². The number of fused-ring (bicyclic) bond motifs is 3. The number of carbonyl (C=O) groups is 1. The molecule has 0 fully saturated rings. The van der Waals surface area contributed by atoms with Crippen molar-refractivity contribution in [1.82, 2.24) is 9.97 Å². The third-order valence-corrected chi connectivity index (χ3v) is 5.19. The molecular weight excluding hydrogens is 358 g/mol. The summed E-state index contributed by atoms with van der Waals surface area (Å²) in [5.74, 6) is 0.316. The number of nitrogens with one attached hydrogen (secondary N) is 1. The first-order valence-corrected chi connectivity index (χ1v) is 9.70. The predicted octanol–water partition coefficient (Wildman–Crippen LogP) is 5.16. The lowest BCUT2D eigenvalue weighted by Gasteiger charge is -2.21. The molecule has 0 spiro atoms. The Morgan fingerprint density at radius 3 is 2.21 bits per heavy atom. The maximum atomic E-state index is 12.8. The lowest BCUT2D eigenvalue weighted by Crippen LogP contribution is -2.17. The highest BCUT2D eigenvalue weighted by molar-refractivity contribution is 6.05. The van der Waals surface area contributed by atoms with Crippen molar-refractivity contribution < 1.29 is 4.79 Å². The van der Waals surface area contributed by atoms with E-state index in [0.717, 1.165) is 35.4 Å². The van der Waals surface area contributed by atoms with Gasteiger partial charge in [0.05, 0.1) is 11.4 Å². The van der Waals surface area contributed by atoms with Gasteiger partial charge >= 0.3 is 0 Å². The van der Waals surface area contributed by atoms with E-state index < -0.39 is 0 Å². The molecule has 1 heterocycles. The second-order valence-corrected chi connectivity index (χ2v) is 7.06. The molecule has 0 bridgehead atoms. The van der Waals surface area contributed by atoms with E-state index in [0.29, 0.717) is 17.1 Å². The average molecular weight is 377 g/mol. The number of aryl methyl sites for hydroxylation is 2. The summed E-state index contributed by atoms with van der Waals surface area (Å²) in [5.41, 5.74) is 6.44. The lowest BCUT2D eigenvalue weighted by atomic mass is 9.91. The first-order valence-electron chi connectivity index (χ1n) is 9.70. The van der Waals surface area contributed by atoms with Crippen LogP contribution in [0.3, 0.4) is 0 Å². The summed E-state index contributed by atoms with van der Waals surface area (Å²) in [6, 6.07) is 27.4. The fourth-order valence-electron chi connectivity index (χ4n) is 3.74. The van der Waals surface area contributed by atoms with Crippen molar-refractivity contribution in [3.8, 4) is 22.5 Å². The highest BCUT2D eigenvalue weighted by Crippen LogP contribution is 2.35. The van der Waals surface area contributed by atoms with Gasteiger partial charge in [0.15, 0.2) is 5.82 Å². The van der Waals surface area contributed by atoms with Crippen molar-refractivity contribution in [2.45, 2.75) is 12.8 Å². The standard InChI is InChI=1S/C25H19N3O/c29-25(19-12-5-2-6-13-19)28-24-22(18-10-3-1-4-11-18)27-23-20-14-8-7-9-17(20)15-16-21(23)26-24/h1-14H,15-16H2,(H,26,28,29). The van der Waals surface area contributed by atoms with Gasteiger partial charge in [-0.3, -0.25) is 4.79 Å². The molecule has 4 heteroatoms. The summed E-state index contributed by atoms with van der Waals surface area (Å²) >= 11 is 0. The summed E-state index contributed by atoms with van der Waals surface area (Å²) in [5, 5.41) is 2.99. The summed E-state index contributed by atoms with van der Waals surface area (Å²) in [4.78, 5) is 22.6. The van der Waals surface area contributed by atoms with Crippen molar-refractivity contribution in [1.29, 1.82) is 0 Å². The third kappa shape index (κ3) is 3.29. The topological polar surface area (TPSA) is 54.9 Å². The smallest absolute Gasteiger partial charge is 0.256 e. The van der Waals surface area contributed by atoms with Crippen LogP contribution in [0.1, 0.15) is 21.6 Å². The number of hydrogen-bond acceptors (Lipinski definition) is 3. The molecule has 0 unspecified atom stereocenters. The number of benzene rings is 3. The maximum absolute atomic E-state index is 12.8. The van der Waals surface area contributed by atoms with Gasteiger partial charge in [-0.2, -0.15) is 0 Å². The Bertz CT molecular complexity index is 1190. The number of amides is 1. The van der Waals surface area contributed by atoms with E-state index >= 15 is 0 Å². The van der Waals surface area contributed by atoms with E-state index in [1.807, 2.05) is 54.6 Å². The van der Waals surface area contributed by atoms with Gasteiger partial charge in [0.25, 0.3) is 5.91 Å². The van der Waals surface area contributed by atoms with Crippen LogP contribution in [-0.4, -0.2) is 15.9 Å². The number of rotatable bonds is 3. The van der Waals surface area contributed by atoms with Crippen LogP contribution in [0.15, 0.2) is 84.9 Å². The Balaban J connectivity index is 1.64. The molecule has 3 aromatic carbocycles. The van der Waals surface area contributed by atoms with Crippen LogP contribution in [0.2, 0.25) is 0 Å². The molecule has 1 amide bonds. The van der Waals surface area contributed by atoms with Crippen LogP contribution in [0, 0.1) is 0 Å². The molecule has 5 rings (SSSR count). The van der Waals surface area contributed by atoms with E-state index in [1.165, 1.54) is 5.56 Å². The van der Waals surface area contributed by atoms with E-state index in [4.69, 9.17) is 9.97 Å². The minimum absolute atomic E-state index is 0.187. The van der Waals surface area contributed by atoms with Crippen LogP contribution in [0.25, 0.3) is 22.5 Å². The molecular formula is C25H19N3O. The van der Waals surface area contributed by atoms with Crippen LogP contribution in [0.4, 0.5) is 5.82 Å². The molecule has 1 aliphatic rings. The highest BCUT2D eigenvalue weighted by Gasteiger charge is 2.23. The van der Waals surface area contributed by atoms with E-state index in [2.05, 4.69) is 23.5 Å². The van der Waals surface area contributed by atoms with E-state index in [-0.39, 0.29) is 5.91 Å². The Morgan fingerprint density at radius 2 is 1.41 bits per heavy atom. The lowest BCUT2D eigenvalue weighted by molar-refractivity contribution is 0.102. The van der Waals surface area contributed by atoms with Gasteiger partial charge in [0, 0.05) is 16.7 Å². The summed E-state index contributed by atoms with van der Waals surface area (Å²) < 4.78 is 0. The van der Waals surface area contributed by atoms with Gasteiger partial charge in [-0.25, -0.2) is 9.97 Å². The molecule has 1 N–H and O–H groups in total. The number of aromatic nitrogens is 2. The second kappa shape index (κ2) is 7.32. The zero-order valence-electron chi connectivity index (χ0n) is 15.8. The zero-order chi connectivity index (χ0) is 19.6. The van der Waals surface area contributed by atoms with Crippen molar-refractivity contribution in [2.75, 3.05) is 5.32 Å². The normalized spacial score (nSPS) is 12.0. The average Bonchev–Trinajstić information content (AvgIpc) is 2.79. The van der Waals surface area contributed by atoms with Gasteiger partial charge < -0.3 is 5.32 Å². The van der Waals surface area contributed by atoms with Gasteiger partial charge in [-0.15, -0.1) is 0 Å². The molecule has 140 valence electrons. The first kappa shape index (κ1) is 17.3. The molecule has 0 atom stereocenters. The number of nitrogens with zero attached hydrogens (tertiary/aromatic N) is 2. The zero-order valence-corrected chi connectivity index (χ0v) is 15.8. The Kier molecular flexibility index (Phi) is 4.37. The quantitative estimate of drug-likeness (QED) is 0.536. The van der Waals surface area contributed by atoms with Gasteiger partial charge in [0.1, 0.15) is 5.69 Å². The molecule has 0 saturated carbocycles. The molecule has 29 heavy (non-hydrogen) atoms. The van der Waals surface area contributed by atoms with Crippen LogP contribution < -0.4 is 5.32 Å². The Labute approximate surface area is 169 Å². The Morgan fingerprint density at radius 1 is 0.724 bits per heavy atom. The summed E-state index contributed by atoms with van der Waals surface area (Å²) in [6.07, 6.45) is 1.73. The molecule has 0 radical (unpaired) electrons. The molecule has 0 saturated heterocycles. The first-order chi connectivity index (χ1) is 14.3. The second-order valence-electron chi connectivity index (χ2n) is 7.06. The fourth-order valence-corrected chi connectivity index (χ4v) is 3.74. The van der Waals surface area contributed by atoms with Crippen molar-refractivity contribution in [2.24, 2.45) is 0 Å². The summed E-state index contributed by atoms with van der Waals surface area (Å²) in [6.45, 7) is 0. The van der Waals surface area contributed by atoms with Crippen molar-refractivity contribution in [3.63, 3.8) is 0 Å². The van der Waals surface area contributed by atoms with Crippen LogP contribution in [-0.2, 0) is 12.8 Å². The fraction of sp³-hybridized carbons (Fsp3) is 0.0800. The number of hydrogen-bond donors (Lipinski definition) is 1. The van der Waals surface area contributed by atoms with Crippen molar-refractivity contribution >= 4 is 11.7 Å². The Hall–Kier alpha value is -3.79. The van der Waals surface area contributed by atoms with Crippen LogP contribution in [0.5, 0.6) is 0 Å². The van der Waals surface area contributed by atoms with Crippen molar-refractivity contribution in [3.05, 3.63) is 102 Å². The van der Waals surface area contributed by atoms with Crippen LogP contribution >= 0.6 is 0 Å². The minimum Gasteiger partial charge on any atom is -0.305 e. The molecule has 0 aliphatic heterocycles. The molecule has 4 nitrogen and oxygen atoms in total. The third-order valence-electron chi connectivity index (χ3n) is 5.19.